The van der Waals surface area contributed by atoms with E-state index in [0.717, 1.165) is 25.7 Å². The number of unbranched alkanes of at least 4 members (excludes halogenated alkanes) is 9. The van der Waals surface area contributed by atoms with Gasteiger partial charge in [0.1, 0.15) is 6.61 Å². The first kappa shape index (κ1) is 32.7. The fraction of sp³-hybridized carbons (Fsp3) is 0.952. The molecule has 0 fully saturated rings. The zero-order valence-electron chi connectivity index (χ0n) is 19.5. The number of esters is 1. The van der Waals surface area contributed by atoms with Crippen LogP contribution >= 0.6 is 7.82 Å². The normalized spacial score (nSPS) is 12.4. The van der Waals surface area contributed by atoms with Gasteiger partial charge in [0, 0.05) is 29.6 Å². The van der Waals surface area contributed by atoms with Crippen LogP contribution in [0.25, 0.3) is 0 Å². The third-order valence-corrected chi connectivity index (χ3v) is 5.35. The van der Waals surface area contributed by atoms with Gasteiger partial charge in [-0.3, -0.25) is 9.32 Å². The molecule has 7 nitrogen and oxygen atoms in total. The molecule has 1 atom stereocenters. The van der Waals surface area contributed by atoms with Crippen molar-refractivity contribution in [3.05, 3.63) is 0 Å². The number of ether oxygens (including phenoxy) is 2. The standard InChI is InChI=1S/C21H43O7P.Na/c1-3-5-6-7-8-9-10-11-12-13-15-20(14-4-2)21(22)27-18-16-26-17-19-28-29(23,24)25;/h20H,3-19H2,1-2H3,(H2,23,24,25);. The number of hydrogen-bond acceptors (Lipinski definition) is 5. The van der Waals surface area contributed by atoms with Crippen LogP contribution in [-0.4, -0.2) is 71.7 Å². The van der Waals surface area contributed by atoms with Crippen LogP contribution in [0.1, 0.15) is 97.3 Å². The van der Waals surface area contributed by atoms with E-state index in [1.54, 1.807) is 0 Å². The first-order chi connectivity index (χ1) is 13.9. The summed E-state index contributed by atoms with van der Waals surface area (Å²) in [6.07, 6.45) is 15.5. The topological polar surface area (TPSA) is 102 Å². The largest absolute Gasteiger partial charge is 0.469 e. The van der Waals surface area contributed by atoms with E-state index in [1.165, 1.54) is 57.8 Å². The molecule has 1 radical (unpaired) electrons. The van der Waals surface area contributed by atoms with Gasteiger partial charge in [-0.05, 0) is 12.8 Å². The summed E-state index contributed by atoms with van der Waals surface area (Å²) in [5.74, 6) is -0.218. The molecule has 0 aliphatic rings. The van der Waals surface area contributed by atoms with Crippen LogP contribution in [0.15, 0.2) is 0 Å². The second-order valence-electron chi connectivity index (χ2n) is 7.56. The van der Waals surface area contributed by atoms with E-state index in [1.807, 2.05) is 0 Å². The quantitative estimate of drug-likeness (QED) is 0.107. The molecule has 1 unspecified atom stereocenters. The van der Waals surface area contributed by atoms with Crippen molar-refractivity contribution >= 4 is 43.3 Å². The average Bonchev–Trinajstić information content (AvgIpc) is 2.66. The minimum absolute atomic E-state index is 0. The van der Waals surface area contributed by atoms with Gasteiger partial charge in [0.15, 0.2) is 0 Å². The summed E-state index contributed by atoms with van der Waals surface area (Å²) in [7, 11) is -4.45. The number of carbonyl (C=O) groups is 1. The van der Waals surface area contributed by atoms with E-state index in [0.29, 0.717) is 0 Å². The van der Waals surface area contributed by atoms with Crippen molar-refractivity contribution in [1.29, 1.82) is 0 Å². The Morgan fingerprint density at radius 1 is 0.767 bits per heavy atom. The predicted molar refractivity (Wildman–Crippen MR) is 120 cm³/mol. The van der Waals surface area contributed by atoms with Gasteiger partial charge < -0.3 is 19.3 Å². The summed E-state index contributed by atoms with van der Waals surface area (Å²) in [5, 5.41) is 0. The molecule has 0 saturated heterocycles. The maximum absolute atomic E-state index is 12.2. The number of carbonyl (C=O) groups excluding carboxylic acids is 1. The van der Waals surface area contributed by atoms with Gasteiger partial charge in [-0.15, -0.1) is 0 Å². The van der Waals surface area contributed by atoms with E-state index in [9.17, 15) is 9.36 Å². The Balaban J connectivity index is 0. The molecule has 175 valence electrons. The Kier molecular flexibility index (Phi) is 24.8. The number of hydrogen-bond donors (Lipinski definition) is 2. The van der Waals surface area contributed by atoms with E-state index in [2.05, 4.69) is 18.4 Å². The number of phosphoric ester groups is 1. The molecule has 0 aromatic carbocycles. The summed E-state index contributed by atoms with van der Waals surface area (Å²) >= 11 is 0. The van der Waals surface area contributed by atoms with Crippen LogP contribution in [-0.2, 0) is 23.4 Å². The van der Waals surface area contributed by atoms with Gasteiger partial charge in [0.2, 0.25) is 0 Å². The molecule has 0 aromatic rings. The van der Waals surface area contributed by atoms with Crippen LogP contribution < -0.4 is 0 Å². The molecule has 9 heteroatoms. The van der Waals surface area contributed by atoms with E-state index >= 15 is 0 Å². The zero-order chi connectivity index (χ0) is 21.8. The van der Waals surface area contributed by atoms with Crippen LogP contribution in [0.3, 0.4) is 0 Å². The van der Waals surface area contributed by atoms with E-state index in [-0.39, 0.29) is 67.9 Å². The van der Waals surface area contributed by atoms with Crippen molar-refractivity contribution < 1.29 is 33.1 Å². The summed E-state index contributed by atoms with van der Waals surface area (Å²) < 4.78 is 25.2. The Labute approximate surface area is 205 Å². The molecular weight excluding hydrogens is 418 g/mol. The molecule has 0 bridgehead atoms. The molecule has 0 spiro atoms. The third-order valence-electron chi connectivity index (χ3n) is 4.84. The Morgan fingerprint density at radius 3 is 1.83 bits per heavy atom. The average molecular weight is 462 g/mol. The monoisotopic (exact) mass is 461 g/mol. The van der Waals surface area contributed by atoms with Crippen LogP contribution in [0.4, 0.5) is 0 Å². The number of rotatable bonds is 21. The van der Waals surface area contributed by atoms with Crippen LogP contribution in [0.5, 0.6) is 0 Å². The van der Waals surface area contributed by atoms with Crippen molar-refractivity contribution in [3.63, 3.8) is 0 Å². The fourth-order valence-corrected chi connectivity index (χ4v) is 3.56. The molecule has 0 aliphatic heterocycles. The van der Waals surface area contributed by atoms with E-state index < -0.39 is 7.82 Å². The minimum Gasteiger partial charge on any atom is -0.463 e. The van der Waals surface area contributed by atoms with Crippen molar-refractivity contribution in [2.75, 3.05) is 26.4 Å². The number of phosphoric acid groups is 1. The SMILES string of the molecule is CCCCCCCCCCCCC(CCC)C(=O)OCCOCCOP(=O)(O)O.[Na]. The maximum Gasteiger partial charge on any atom is 0.469 e. The van der Waals surface area contributed by atoms with Gasteiger partial charge in [0.05, 0.1) is 25.7 Å². The van der Waals surface area contributed by atoms with Crippen molar-refractivity contribution in [2.45, 2.75) is 97.3 Å². The smallest absolute Gasteiger partial charge is 0.463 e. The van der Waals surface area contributed by atoms with Gasteiger partial charge in [-0.1, -0.05) is 84.5 Å². The van der Waals surface area contributed by atoms with Crippen LogP contribution in [0.2, 0.25) is 0 Å². The molecular formula is C21H43NaO7P. The summed E-state index contributed by atoms with van der Waals surface area (Å²) in [6.45, 7) is 4.49. The third kappa shape index (κ3) is 23.2. The molecule has 0 aliphatic carbocycles. The van der Waals surface area contributed by atoms with Gasteiger partial charge in [-0.25, -0.2) is 4.57 Å². The Hall–Kier alpha value is 0.540. The first-order valence-electron chi connectivity index (χ1n) is 11.3. The Bertz CT molecular complexity index is 432. The summed E-state index contributed by atoms with van der Waals surface area (Å²) in [6, 6.07) is 0. The van der Waals surface area contributed by atoms with Gasteiger partial charge >= 0.3 is 13.8 Å². The van der Waals surface area contributed by atoms with Crippen molar-refractivity contribution in [2.24, 2.45) is 5.92 Å². The molecule has 30 heavy (non-hydrogen) atoms. The first-order valence-corrected chi connectivity index (χ1v) is 12.9. The zero-order valence-corrected chi connectivity index (χ0v) is 22.4. The second-order valence-corrected chi connectivity index (χ2v) is 8.80. The summed E-state index contributed by atoms with van der Waals surface area (Å²) in [5.41, 5.74) is 0. The second kappa shape index (κ2) is 22.7. The summed E-state index contributed by atoms with van der Waals surface area (Å²) in [4.78, 5) is 29.3. The van der Waals surface area contributed by atoms with Crippen molar-refractivity contribution in [1.82, 2.24) is 0 Å². The van der Waals surface area contributed by atoms with Crippen molar-refractivity contribution in [3.8, 4) is 0 Å². The fourth-order valence-electron chi connectivity index (χ4n) is 3.24. The maximum atomic E-state index is 12.2. The molecule has 0 saturated carbocycles. The molecule has 0 aromatic heterocycles. The molecule has 0 heterocycles. The van der Waals surface area contributed by atoms with Crippen LogP contribution in [0, 0.1) is 5.92 Å². The molecule has 2 N–H and O–H groups in total. The predicted octanol–water partition coefficient (Wildman–Crippen LogP) is 5.00. The van der Waals surface area contributed by atoms with E-state index in [4.69, 9.17) is 19.3 Å². The Morgan fingerprint density at radius 2 is 1.30 bits per heavy atom. The van der Waals surface area contributed by atoms with Gasteiger partial charge in [-0.2, -0.15) is 0 Å². The molecule has 0 amide bonds. The molecule has 0 rings (SSSR count). The minimum atomic E-state index is -4.45. The van der Waals surface area contributed by atoms with Gasteiger partial charge in [0.25, 0.3) is 0 Å².